The number of aryl methyl sites for hydroxylation is 1. The summed E-state index contributed by atoms with van der Waals surface area (Å²) in [7, 11) is 1.42. The highest BCUT2D eigenvalue weighted by atomic mass is 35.5. The standard InChI is InChI=1S/C14H13ClN2O3/c1-8-10(6-7-12(15)16-8)17-14(19)9-4-3-5-11(20-2)13(9)18/h3-7,18H,1-2H3,(H,17,19). The molecule has 0 bridgehead atoms. The lowest BCUT2D eigenvalue weighted by molar-refractivity contribution is 0.102. The quantitative estimate of drug-likeness (QED) is 0.853. The molecule has 1 amide bonds. The number of aromatic hydroxyl groups is 1. The van der Waals surface area contributed by atoms with Gasteiger partial charge in [0.2, 0.25) is 0 Å². The van der Waals surface area contributed by atoms with Gasteiger partial charge in [-0.25, -0.2) is 4.98 Å². The van der Waals surface area contributed by atoms with Gasteiger partial charge in [0, 0.05) is 0 Å². The summed E-state index contributed by atoms with van der Waals surface area (Å²) in [6.07, 6.45) is 0. The van der Waals surface area contributed by atoms with Crippen molar-refractivity contribution in [2.75, 3.05) is 12.4 Å². The van der Waals surface area contributed by atoms with E-state index >= 15 is 0 Å². The van der Waals surface area contributed by atoms with E-state index in [9.17, 15) is 9.90 Å². The second kappa shape index (κ2) is 5.79. The smallest absolute Gasteiger partial charge is 0.259 e. The number of carbonyl (C=O) groups is 1. The van der Waals surface area contributed by atoms with Gasteiger partial charge in [0.1, 0.15) is 5.15 Å². The molecule has 0 atom stereocenters. The number of anilines is 1. The Hall–Kier alpha value is -2.27. The summed E-state index contributed by atoms with van der Waals surface area (Å²) in [4.78, 5) is 16.2. The molecule has 104 valence electrons. The third-order valence-electron chi connectivity index (χ3n) is 2.76. The Balaban J connectivity index is 2.28. The van der Waals surface area contributed by atoms with Crippen LogP contribution in [0.2, 0.25) is 5.15 Å². The van der Waals surface area contributed by atoms with Crippen molar-refractivity contribution >= 4 is 23.2 Å². The summed E-state index contributed by atoms with van der Waals surface area (Å²) < 4.78 is 4.97. The van der Waals surface area contributed by atoms with Gasteiger partial charge in [-0.1, -0.05) is 17.7 Å². The van der Waals surface area contributed by atoms with Crippen LogP contribution in [0.25, 0.3) is 0 Å². The van der Waals surface area contributed by atoms with Crippen molar-refractivity contribution in [2.24, 2.45) is 0 Å². The number of phenols is 1. The van der Waals surface area contributed by atoms with Crippen molar-refractivity contribution in [1.29, 1.82) is 0 Å². The minimum atomic E-state index is -0.450. The zero-order chi connectivity index (χ0) is 14.7. The number of para-hydroxylation sites is 1. The highest BCUT2D eigenvalue weighted by molar-refractivity contribution is 6.29. The molecule has 0 spiro atoms. The Bertz CT molecular complexity index is 659. The molecule has 0 saturated carbocycles. The number of hydrogen-bond acceptors (Lipinski definition) is 4. The Morgan fingerprint density at radius 3 is 2.75 bits per heavy atom. The van der Waals surface area contributed by atoms with E-state index in [-0.39, 0.29) is 17.1 Å². The first-order valence-corrected chi connectivity index (χ1v) is 6.21. The fourth-order valence-corrected chi connectivity index (χ4v) is 1.91. The van der Waals surface area contributed by atoms with Crippen molar-refractivity contribution in [2.45, 2.75) is 6.92 Å². The topological polar surface area (TPSA) is 71.5 Å². The molecule has 20 heavy (non-hydrogen) atoms. The van der Waals surface area contributed by atoms with Crippen molar-refractivity contribution in [3.63, 3.8) is 0 Å². The van der Waals surface area contributed by atoms with Crippen LogP contribution in [0, 0.1) is 6.92 Å². The highest BCUT2D eigenvalue weighted by Gasteiger charge is 2.15. The monoisotopic (exact) mass is 292 g/mol. The Morgan fingerprint density at radius 2 is 2.10 bits per heavy atom. The molecular weight excluding hydrogens is 280 g/mol. The van der Waals surface area contributed by atoms with E-state index in [4.69, 9.17) is 16.3 Å². The third-order valence-corrected chi connectivity index (χ3v) is 2.97. The first-order valence-electron chi connectivity index (χ1n) is 5.83. The zero-order valence-corrected chi connectivity index (χ0v) is 11.7. The average molecular weight is 293 g/mol. The number of aromatic nitrogens is 1. The zero-order valence-electron chi connectivity index (χ0n) is 11.0. The fraction of sp³-hybridized carbons (Fsp3) is 0.143. The third kappa shape index (κ3) is 2.83. The van der Waals surface area contributed by atoms with Crippen LogP contribution in [-0.2, 0) is 0 Å². The summed E-state index contributed by atoms with van der Waals surface area (Å²) in [6, 6.07) is 7.93. The normalized spacial score (nSPS) is 10.2. The lowest BCUT2D eigenvalue weighted by Crippen LogP contribution is -2.13. The predicted molar refractivity (Wildman–Crippen MR) is 76.6 cm³/mol. The molecule has 2 N–H and O–H groups in total. The van der Waals surface area contributed by atoms with E-state index < -0.39 is 5.91 Å². The van der Waals surface area contributed by atoms with E-state index in [1.54, 1.807) is 31.2 Å². The lowest BCUT2D eigenvalue weighted by atomic mass is 10.1. The molecule has 2 aromatic rings. The first kappa shape index (κ1) is 14.1. The van der Waals surface area contributed by atoms with Gasteiger partial charge in [0.25, 0.3) is 5.91 Å². The molecule has 0 saturated heterocycles. The molecule has 0 radical (unpaired) electrons. The SMILES string of the molecule is COc1cccc(C(=O)Nc2ccc(Cl)nc2C)c1O. The van der Waals surface area contributed by atoms with E-state index in [2.05, 4.69) is 10.3 Å². The van der Waals surface area contributed by atoms with Crippen LogP contribution in [0.1, 0.15) is 16.1 Å². The number of phenolic OH excluding ortho intramolecular Hbond substituents is 1. The molecule has 1 heterocycles. The number of carbonyl (C=O) groups excluding carboxylic acids is 1. The second-order valence-corrected chi connectivity index (χ2v) is 4.46. The number of nitrogens with one attached hydrogen (secondary N) is 1. The maximum atomic E-state index is 12.2. The lowest BCUT2D eigenvalue weighted by Gasteiger charge is -2.10. The van der Waals surface area contributed by atoms with Gasteiger partial charge in [-0.3, -0.25) is 4.79 Å². The van der Waals surface area contributed by atoms with Gasteiger partial charge < -0.3 is 15.2 Å². The maximum Gasteiger partial charge on any atom is 0.259 e. The van der Waals surface area contributed by atoms with Crippen molar-refractivity contribution in [1.82, 2.24) is 4.98 Å². The first-order chi connectivity index (χ1) is 9.52. The number of rotatable bonds is 3. The number of halogens is 1. The van der Waals surface area contributed by atoms with Crippen LogP contribution >= 0.6 is 11.6 Å². The predicted octanol–water partition coefficient (Wildman–Crippen LogP) is 3.01. The molecule has 1 aromatic heterocycles. The largest absolute Gasteiger partial charge is 0.504 e. The van der Waals surface area contributed by atoms with Gasteiger partial charge in [-0.05, 0) is 31.2 Å². The summed E-state index contributed by atoms with van der Waals surface area (Å²) in [5, 5.41) is 12.9. The number of amides is 1. The van der Waals surface area contributed by atoms with Gasteiger partial charge in [-0.2, -0.15) is 0 Å². The molecule has 1 aromatic carbocycles. The minimum absolute atomic E-state index is 0.124. The van der Waals surface area contributed by atoms with Gasteiger partial charge in [0.05, 0.1) is 24.1 Å². The average Bonchev–Trinajstić information content (AvgIpc) is 2.42. The van der Waals surface area contributed by atoms with E-state index in [0.717, 1.165) is 0 Å². The van der Waals surface area contributed by atoms with Crippen molar-refractivity contribution < 1.29 is 14.6 Å². The number of pyridine rings is 1. The summed E-state index contributed by atoms with van der Waals surface area (Å²) in [5.41, 5.74) is 1.24. The molecule has 6 heteroatoms. The van der Waals surface area contributed by atoms with Gasteiger partial charge in [-0.15, -0.1) is 0 Å². The number of hydrogen-bond donors (Lipinski definition) is 2. The van der Waals surface area contributed by atoms with Gasteiger partial charge >= 0.3 is 0 Å². The van der Waals surface area contributed by atoms with E-state index in [0.29, 0.717) is 16.5 Å². The van der Waals surface area contributed by atoms with Crippen LogP contribution in [0.4, 0.5) is 5.69 Å². The number of benzene rings is 1. The molecule has 0 unspecified atom stereocenters. The van der Waals surface area contributed by atoms with Crippen LogP contribution < -0.4 is 10.1 Å². The Morgan fingerprint density at radius 1 is 1.35 bits per heavy atom. The number of ether oxygens (including phenoxy) is 1. The summed E-state index contributed by atoms with van der Waals surface area (Å²) in [5.74, 6) is -0.413. The van der Waals surface area contributed by atoms with E-state index in [1.807, 2.05) is 0 Å². The van der Waals surface area contributed by atoms with Crippen molar-refractivity contribution in [3.8, 4) is 11.5 Å². The summed E-state index contributed by atoms with van der Waals surface area (Å²) in [6.45, 7) is 1.73. The molecule has 5 nitrogen and oxygen atoms in total. The van der Waals surface area contributed by atoms with Crippen LogP contribution in [0.3, 0.4) is 0 Å². The van der Waals surface area contributed by atoms with E-state index in [1.165, 1.54) is 13.2 Å². The number of nitrogens with zero attached hydrogens (tertiary/aromatic N) is 1. The summed E-state index contributed by atoms with van der Waals surface area (Å²) >= 11 is 5.75. The second-order valence-electron chi connectivity index (χ2n) is 4.08. The molecule has 0 fully saturated rings. The molecular formula is C14H13ClN2O3. The fourth-order valence-electron chi connectivity index (χ4n) is 1.72. The minimum Gasteiger partial charge on any atom is -0.504 e. The molecule has 0 aliphatic heterocycles. The van der Waals surface area contributed by atoms with Gasteiger partial charge in [0.15, 0.2) is 11.5 Å². The molecule has 0 aliphatic rings. The van der Waals surface area contributed by atoms with Crippen LogP contribution in [-0.4, -0.2) is 23.1 Å². The Kier molecular flexibility index (Phi) is 4.10. The maximum absolute atomic E-state index is 12.2. The number of methoxy groups -OCH3 is 1. The Labute approximate surface area is 121 Å². The van der Waals surface area contributed by atoms with Crippen LogP contribution in [0.5, 0.6) is 11.5 Å². The molecule has 0 aliphatic carbocycles. The van der Waals surface area contributed by atoms with Crippen molar-refractivity contribution in [3.05, 3.63) is 46.7 Å². The highest BCUT2D eigenvalue weighted by Crippen LogP contribution is 2.30. The van der Waals surface area contributed by atoms with Crippen LogP contribution in [0.15, 0.2) is 30.3 Å². The molecule has 2 rings (SSSR count).